The van der Waals surface area contributed by atoms with Gasteiger partial charge in [0.15, 0.2) is 5.69 Å². The maximum absolute atomic E-state index is 13.1. The van der Waals surface area contributed by atoms with E-state index in [1.807, 2.05) is 49.5 Å². The number of rotatable bonds is 6. The maximum Gasteiger partial charge on any atom is 0.272 e. The van der Waals surface area contributed by atoms with E-state index in [1.54, 1.807) is 30.1 Å². The third kappa shape index (κ3) is 4.17. The molecular formula is C25H22N4O2. The van der Waals surface area contributed by atoms with Gasteiger partial charge < -0.3 is 9.64 Å². The lowest BCUT2D eigenvalue weighted by Crippen LogP contribution is -2.27. The van der Waals surface area contributed by atoms with Crippen molar-refractivity contribution in [2.75, 3.05) is 13.7 Å². The highest BCUT2D eigenvalue weighted by Crippen LogP contribution is 2.30. The summed E-state index contributed by atoms with van der Waals surface area (Å²) in [5.74, 6) is 0.235. The quantitative estimate of drug-likeness (QED) is 0.543. The van der Waals surface area contributed by atoms with E-state index in [2.05, 4.69) is 14.8 Å². The monoisotopic (exact) mass is 410 g/mol. The van der Waals surface area contributed by atoms with Crippen molar-refractivity contribution in [3.63, 3.8) is 0 Å². The number of carbonyl (C=O) groups is 1. The van der Waals surface area contributed by atoms with Crippen molar-refractivity contribution in [3.8, 4) is 17.0 Å². The van der Waals surface area contributed by atoms with Gasteiger partial charge in [0.25, 0.3) is 5.91 Å². The van der Waals surface area contributed by atoms with Crippen LogP contribution in [0.1, 0.15) is 34.1 Å². The van der Waals surface area contributed by atoms with Crippen molar-refractivity contribution in [1.82, 2.24) is 9.88 Å². The number of aliphatic imine (C=N–C) groups is 1. The van der Waals surface area contributed by atoms with Crippen molar-refractivity contribution in [1.29, 1.82) is 0 Å². The molecule has 0 aliphatic carbocycles. The Balaban J connectivity index is 1.58. The standard InChI is InChI=1S/C25H22N4O2/c1-4-31-24-21(17-8-10-20(26-2)11-9-17)12-13-23(28-24)25(30)29(3)16-19-7-5-6-18-14-27-15-22(18)19/h5-14H,4,15-16H2,1,3H3. The first-order valence-corrected chi connectivity index (χ1v) is 10.1. The summed E-state index contributed by atoms with van der Waals surface area (Å²) >= 11 is 0. The Morgan fingerprint density at radius 1 is 1.16 bits per heavy atom. The second-order valence-corrected chi connectivity index (χ2v) is 7.26. The molecule has 154 valence electrons. The van der Waals surface area contributed by atoms with Crippen LogP contribution in [-0.4, -0.2) is 35.7 Å². The molecule has 2 heterocycles. The Morgan fingerprint density at radius 2 is 1.97 bits per heavy atom. The third-order valence-electron chi connectivity index (χ3n) is 5.21. The molecule has 0 unspecified atom stereocenters. The summed E-state index contributed by atoms with van der Waals surface area (Å²) in [6.45, 7) is 10.6. The van der Waals surface area contributed by atoms with Crippen LogP contribution >= 0.6 is 0 Å². The number of benzene rings is 2. The number of amides is 1. The molecular weight excluding hydrogens is 388 g/mol. The molecule has 0 saturated carbocycles. The van der Waals surface area contributed by atoms with Crippen LogP contribution in [0, 0.1) is 6.57 Å². The molecule has 0 radical (unpaired) electrons. The van der Waals surface area contributed by atoms with Crippen LogP contribution < -0.4 is 4.74 Å². The topological polar surface area (TPSA) is 59.2 Å². The number of hydrogen-bond acceptors (Lipinski definition) is 4. The molecule has 0 bridgehead atoms. The van der Waals surface area contributed by atoms with Crippen LogP contribution in [0.3, 0.4) is 0 Å². The largest absolute Gasteiger partial charge is 0.478 e. The van der Waals surface area contributed by atoms with E-state index in [9.17, 15) is 4.79 Å². The lowest BCUT2D eigenvalue weighted by atomic mass is 10.0. The van der Waals surface area contributed by atoms with Crippen LogP contribution in [0.5, 0.6) is 5.88 Å². The van der Waals surface area contributed by atoms with Crippen molar-refractivity contribution in [3.05, 3.63) is 88.4 Å². The molecule has 1 amide bonds. The van der Waals surface area contributed by atoms with Gasteiger partial charge in [0.1, 0.15) is 5.69 Å². The SMILES string of the molecule is [C-]#[N+]c1ccc(-c2ccc(C(=O)N(C)Cc3cccc4c3CN=C4)nc2OCC)cc1. The molecule has 0 saturated heterocycles. The maximum atomic E-state index is 13.1. The zero-order chi connectivity index (χ0) is 21.8. The van der Waals surface area contributed by atoms with E-state index in [0.717, 1.165) is 22.3 Å². The number of carbonyl (C=O) groups excluding carboxylic acids is 1. The van der Waals surface area contributed by atoms with E-state index in [4.69, 9.17) is 11.3 Å². The molecule has 0 fully saturated rings. The van der Waals surface area contributed by atoms with E-state index in [0.29, 0.717) is 37.0 Å². The van der Waals surface area contributed by atoms with Crippen LogP contribution in [0.25, 0.3) is 16.0 Å². The summed E-state index contributed by atoms with van der Waals surface area (Å²) in [7, 11) is 1.77. The van der Waals surface area contributed by atoms with Crippen LogP contribution in [0.4, 0.5) is 5.69 Å². The summed E-state index contributed by atoms with van der Waals surface area (Å²) < 4.78 is 5.74. The summed E-state index contributed by atoms with van der Waals surface area (Å²) in [6.07, 6.45) is 1.87. The van der Waals surface area contributed by atoms with Crippen molar-refractivity contribution < 1.29 is 9.53 Å². The second-order valence-electron chi connectivity index (χ2n) is 7.26. The number of nitrogens with zero attached hydrogens (tertiary/aromatic N) is 4. The fraction of sp³-hybridized carbons (Fsp3) is 0.200. The number of fused-ring (bicyclic) bond motifs is 1. The predicted molar refractivity (Wildman–Crippen MR) is 121 cm³/mol. The van der Waals surface area contributed by atoms with E-state index < -0.39 is 0 Å². The number of pyridine rings is 1. The minimum absolute atomic E-state index is 0.174. The Labute approximate surface area is 181 Å². The van der Waals surface area contributed by atoms with Crippen molar-refractivity contribution in [2.24, 2.45) is 4.99 Å². The molecule has 6 heteroatoms. The zero-order valence-corrected chi connectivity index (χ0v) is 17.5. The van der Waals surface area contributed by atoms with Crippen LogP contribution in [-0.2, 0) is 13.1 Å². The van der Waals surface area contributed by atoms with Crippen molar-refractivity contribution in [2.45, 2.75) is 20.0 Å². The Kier molecular flexibility index (Phi) is 5.76. The predicted octanol–water partition coefficient (Wildman–Crippen LogP) is 4.90. The van der Waals surface area contributed by atoms with E-state index in [1.165, 1.54) is 5.56 Å². The molecule has 2 aromatic carbocycles. The summed E-state index contributed by atoms with van der Waals surface area (Å²) in [4.78, 5) is 27.0. The summed E-state index contributed by atoms with van der Waals surface area (Å²) in [5.41, 5.74) is 5.95. The van der Waals surface area contributed by atoms with Gasteiger partial charge in [-0.2, -0.15) is 0 Å². The van der Waals surface area contributed by atoms with Gasteiger partial charge >= 0.3 is 0 Å². The first-order valence-electron chi connectivity index (χ1n) is 10.1. The molecule has 0 N–H and O–H groups in total. The zero-order valence-electron chi connectivity index (χ0n) is 17.5. The summed E-state index contributed by atoms with van der Waals surface area (Å²) in [5, 5.41) is 0. The van der Waals surface area contributed by atoms with Crippen molar-refractivity contribution >= 4 is 17.8 Å². The highest BCUT2D eigenvalue weighted by Gasteiger charge is 2.19. The minimum atomic E-state index is -0.174. The molecule has 1 aliphatic rings. The average Bonchev–Trinajstić information content (AvgIpc) is 3.29. The van der Waals surface area contributed by atoms with Gasteiger partial charge in [-0.25, -0.2) is 9.83 Å². The molecule has 4 rings (SSSR count). The highest BCUT2D eigenvalue weighted by molar-refractivity contribution is 5.93. The van der Waals surface area contributed by atoms with Gasteiger partial charge in [-0.1, -0.05) is 42.5 Å². The summed E-state index contributed by atoms with van der Waals surface area (Å²) in [6, 6.07) is 16.9. The molecule has 31 heavy (non-hydrogen) atoms. The lowest BCUT2D eigenvalue weighted by molar-refractivity contribution is 0.0778. The van der Waals surface area contributed by atoms with Gasteiger partial charge in [0.2, 0.25) is 5.88 Å². The Bertz CT molecular complexity index is 1190. The van der Waals surface area contributed by atoms with Gasteiger partial charge in [-0.15, -0.1) is 0 Å². The van der Waals surface area contributed by atoms with Gasteiger partial charge in [-0.05, 0) is 41.3 Å². The number of aromatic nitrogens is 1. The average molecular weight is 410 g/mol. The molecule has 1 aliphatic heterocycles. The minimum Gasteiger partial charge on any atom is -0.478 e. The molecule has 3 aromatic rings. The van der Waals surface area contributed by atoms with Crippen LogP contribution in [0.15, 0.2) is 59.6 Å². The fourth-order valence-corrected chi connectivity index (χ4v) is 3.62. The first-order chi connectivity index (χ1) is 15.1. The molecule has 0 atom stereocenters. The van der Waals surface area contributed by atoms with Gasteiger partial charge in [0, 0.05) is 25.4 Å². The first kappa shape index (κ1) is 20.3. The second kappa shape index (κ2) is 8.80. The fourth-order valence-electron chi connectivity index (χ4n) is 3.62. The molecule has 6 nitrogen and oxygen atoms in total. The number of ether oxygens (including phenoxy) is 1. The molecule has 1 aromatic heterocycles. The van der Waals surface area contributed by atoms with Crippen LogP contribution in [0.2, 0.25) is 0 Å². The van der Waals surface area contributed by atoms with E-state index >= 15 is 0 Å². The van der Waals surface area contributed by atoms with Gasteiger partial charge in [-0.3, -0.25) is 9.79 Å². The Morgan fingerprint density at radius 3 is 2.71 bits per heavy atom. The van der Waals surface area contributed by atoms with Gasteiger partial charge in [0.05, 0.1) is 19.7 Å². The Hall–Kier alpha value is -3.98. The normalized spacial score (nSPS) is 11.6. The number of hydrogen-bond donors (Lipinski definition) is 0. The lowest BCUT2D eigenvalue weighted by Gasteiger charge is -2.19. The van der Waals surface area contributed by atoms with E-state index in [-0.39, 0.29) is 5.91 Å². The smallest absolute Gasteiger partial charge is 0.272 e. The molecule has 0 spiro atoms. The third-order valence-corrected chi connectivity index (χ3v) is 5.21. The highest BCUT2D eigenvalue weighted by atomic mass is 16.5.